The van der Waals surface area contributed by atoms with Crippen molar-refractivity contribution in [2.75, 3.05) is 0 Å². The molecular weight excluding hydrogens is 459 g/mol. The number of rotatable bonds is 0. The van der Waals surface area contributed by atoms with Gasteiger partial charge in [-0.2, -0.15) is 0 Å². The second kappa shape index (κ2) is 19.2. The molecule has 8 N–H and O–H groups in total. The third-order valence-corrected chi connectivity index (χ3v) is 0. The molecule has 0 amide bonds. The Hall–Kier alpha value is 2.83. The van der Waals surface area contributed by atoms with Crippen molar-refractivity contribution in [3.8, 4) is 0 Å². The van der Waals surface area contributed by atoms with E-state index >= 15 is 0 Å². The molecule has 0 bridgehead atoms. The van der Waals surface area contributed by atoms with Gasteiger partial charge in [0.15, 0.2) is 0 Å². The molecule has 0 aliphatic carbocycles. The zero-order valence-corrected chi connectivity index (χ0v) is 16.0. The van der Waals surface area contributed by atoms with Gasteiger partial charge in [-0.1, -0.05) is 0 Å². The molecule has 0 radical (unpaired) electrons. The van der Waals surface area contributed by atoms with Gasteiger partial charge in [-0.25, -0.2) is 0 Å². The van der Waals surface area contributed by atoms with E-state index in [0.29, 0.717) is 0 Å². The SMILES string of the molecule is N.N.O=P([O-])([O-])O.O=P([O-])([O-])O.[Na+].[Na+].[Pt+2]. The van der Waals surface area contributed by atoms with Crippen LogP contribution in [0.1, 0.15) is 0 Å². The van der Waals surface area contributed by atoms with E-state index in [1.165, 1.54) is 0 Å². The first-order valence-corrected chi connectivity index (χ1v) is 4.49. The van der Waals surface area contributed by atoms with Gasteiger partial charge in [-0.3, -0.25) is 0 Å². The Bertz CT molecular complexity index is 141. The standard InChI is InChI=1S/2H3N.2Na.2H3O4P.Pt/c;;;;2*1-5(2,3)4;/h2*1H3;;;2*(H3,1,2,3,4);/q;;2*+1;;;+2/p-4. The summed E-state index contributed by atoms with van der Waals surface area (Å²) >= 11 is 0. The molecule has 10 nitrogen and oxygen atoms in total. The van der Waals surface area contributed by atoms with Crippen molar-refractivity contribution >= 4 is 15.6 Å². The Morgan fingerprint density at radius 3 is 0.733 bits per heavy atom. The first-order chi connectivity index (χ1) is 4.00. The molecule has 0 aromatic carbocycles. The van der Waals surface area contributed by atoms with E-state index in [1.54, 1.807) is 0 Å². The molecule has 0 rings (SSSR count). The van der Waals surface area contributed by atoms with Crippen molar-refractivity contribution in [2.45, 2.75) is 0 Å². The van der Waals surface area contributed by atoms with Crippen LogP contribution in [0.25, 0.3) is 0 Å². The van der Waals surface area contributed by atoms with Crippen LogP contribution in [0.2, 0.25) is 0 Å². The summed E-state index contributed by atoms with van der Waals surface area (Å²) in [6.07, 6.45) is 0. The molecule has 0 aliphatic rings. The van der Waals surface area contributed by atoms with Crippen molar-refractivity contribution in [2.24, 2.45) is 0 Å². The van der Waals surface area contributed by atoms with Crippen molar-refractivity contribution in [1.82, 2.24) is 12.3 Å². The Balaban J connectivity index is -0.0000000128. The molecule has 0 saturated heterocycles. The molecule has 0 aliphatic heterocycles. The summed E-state index contributed by atoms with van der Waals surface area (Å²) in [5.74, 6) is 0. The predicted molar refractivity (Wildman–Crippen MR) is 29.7 cm³/mol. The molecule has 15 heteroatoms. The summed E-state index contributed by atoms with van der Waals surface area (Å²) in [6, 6.07) is 0. The molecule has 0 heterocycles. The zero-order valence-electron chi connectivity index (χ0n) is 7.97. The van der Waals surface area contributed by atoms with Gasteiger partial charge in [0.1, 0.15) is 0 Å². The maximum atomic E-state index is 8.66. The normalized spacial score (nSPS) is 7.87. The molecule has 0 unspecified atom stereocenters. The molecule has 15 heavy (non-hydrogen) atoms. The summed E-state index contributed by atoms with van der Waals surface area (Å²) < 4.78 is 17.3. The average Bonchev–Trinajstić information content (AvgIpc) is 1.12. The maximum absolute atomic E-state index is 8.66. The van der Waals surface area contributed by atoms with Crippen LogP contribution < -0.4 is 91.0 Å². The smallest absolute Gasteiger partial charge is 0.790 e. The van der Waals surface area contributed by atoms with Crippen molar-refractivity contribution in [3.05, 3.63) is 0 Å². The fourth-order valence-electron chi connectivity index (χ4n) is 0. The summed E-state index contributed by atoms with van der Waals surface area (Å²) in [4.78, 5) is 48.6. The van der Waals surface area contributed by atoms with Crippen molar-refractivity contribution < 1.29 is 119 Å². The van der Waals surface area contributed by atoms with Gasteiger partial charge in [-0.05, 0) is 0 Å². The minimum atomic E-state index is -5.14. The average molecular weight is 467 g/mol. The van der Waals surface area contributed by atoms with E-state index in [4.69, 9.17) is 38.5 Å². The third kappa shape index (κ3) is 463. The molecule has 0 saturated carbocycles. The Morgan fingerprint density at radius 1 is 0.733 bits per heavy atom. The fourth-order valence-corrected chi connectivity index (χ4v) is 0. The first-order valence-electron chi connectivity index (χ1n) is 1.50. The van der Waals surface area contributed by atoms with Gasteiger partial charge < -0.3 is 50.8 Å². The molecule has 0 spiro atoms. The van der Waals surface area contributed by atoms with Crippen LogP contribution >= 0.6 is 15.6 Å². The van der Waals surface area contributed by atoms with E-state index < -0.39 is 15.6 Å². The Labute approximate surface area is 145 Å². The molecule has 0 atom stereocenters. The second-order valence-corrected chi connectivity index (χ2v) is 2.81. The Kier molecular flexibility index (Phi) is 55.0. The van der Waals surface area contributed by atoms with E-state index in [0.717, 1.165) is 0 Å². The summed E-state index contributed by atoms with van der Waals surface area (Å²) in [5.41, 5.74) is 0. The predicted octanol–water partition coefficient (Wildman–Crippen LogP) is -10.1. The molecular formula is H8N2Na2O8P2Pt. The second-order valence-electron chi connectivity index (χ2n) is 0.937. The summed E-state index contributed by atoms with van der Waals surface area (Å²) in [5, 5.41) is 0. The van der Waals surface area contributed by atoms with E-state index in [1.807, 2.05) is 0 Å². The Morgan fingerprint density at radius 2 is 0.733 bits per heavy atom. The van der Waals surface area contributed by atoms with Crippen LogP contribution in [0.3, 0.4) is 0 Å². The monoisotopic (exact) mass is 467 g/mol. The molecule has 0 aromatic rings. The van der Waals surface area contributed by atoms with Crippen LogP contribution in [0, 0.1) is 0 Å². The summed E-state index contributed by atoms with van der Waals surface area (Å²) in [6.45, 7) is 0. The zero-order chi connectivity index (χ0) is 9.00. The first kappa shape index (κ1) is 43.1. The van der Waals surface area contributed by atoms with E-state index in [-0.39, 0.29) is 92.5 Å². The van der Waals surface area contributed by atoms with Gasteiger partial charge in [0.25, 0.3) is 0 Å². The fraction of sp³-hybridized carbons (Fsp3) is 0. The number of hydrogen-bond donors (Lipinski definition) is 4. The topological polar surface area (TPSA) is 237 Å². The van der Waals surface area contributed by atoms with Crippen LogP contribution in [-0.4, -0.2) is 9.79 Å². The quantitative estimate of drug-likeness (QED) is 0.194. The van der Waals surface area contributed by atoms with E-state index in [9.17, 15) is 0 Å². The van der Waals surface area contributed by atoms with Crippen LogP contribution in [0.5, 0.6) is 0 Å². The number of hydrogen-bond acceptors (Lipinski definition) is 8. The van der Waals surface area contributed by atoms with Gasteiger partial charge in [0.2, 0.25) is 0 Å². The molecule has 88 valence electrons. The minimum Gasteiger partial charge on any atom is -0.790 e. The third-order valence-electron chi connectivity index (χ3n) is 0. The van der Waals surface area contributed by atoms with Crippen LogP contribution in [0.4, 0.5) is 0 Å². The molecule has 0 fully saturated rings. The number of phosphoric acid groups is 2. The van der Waals surface area contributed by atoms with Gasteiger partial charge in [-0.15, -0.1) is 0 Å². The van der Waals surface area contributed by atoms with Gasteiger partial charge in [0, 0.05) is 0 Å². The van der Waals surface area contributed by atoms with Crippen LogP contribution in [0.15, 0.2) is 0 Å². The minimum absolute atomic E-state index is 0. The van der Waals surface area contributed by atoms with Gasteiger partial charge >= 0.3 is 80.2 Å². The van der Waals surface area contributed by atoms with E-state index in [2.05, 4.69) is 0 Å². The maximum Gasteiger partial charge on any atom is 2.00 e. The summed E-state index contributed by atoms with van der Waals surface area (Å²) in [7, 11) is -10.3. The van der Waals surface area contributed by atoms with Crippen LogP contribution in [-0.2, 0) is 30.2 Å². The van der Waals surface area contributed by atoms with Crippen molar-refractivity contribution in [3.63, 3.8) is 0 Å². The van der Waals surface area contributed by atoms with Gasteiger partial charge in [0.05, 0.1) is 15.6 Å². The largest absolute Gasteiger partial charge is 2.00 e. The molecule has 0 aromatic heterocycles. The van der Waals surface area contributed by atoms with Crippen molar-refractivity contribution in [1.29, 1.82) is 0 Å².